The molecule has 3 rings (SSSR count). The van der Waals surface area contributed by atoms with Gasteiger partial charge in [-0.25, -0.2) is 18.0 Å². The van der Waals surface area contributed by atoms with Crippen LogP contribution in [0.4, 0.5) is 35.0 Å². The summed E-state index contributed by atoms with van der Waals surface area (Å²) >= 11 is -2.77. The summed E-state index contributed by atoms with van der Waals surface area (Å²) in [5, 5.41) is 2.24. The van der Waals surface area contributed by atoms with Gasteiger partial charge in [0, 0.05) is 53.8 Å². The molecule has 0 saturated carbocycles. The van der Waals surface area contributed by atoms with Crippen molar-refractivity contribution in [3.63, 3.8) is 0 Å². The zero-order valence-electron chi connectivity index (χ0n) is 19.8. The summed E-state index contributed by atoms with van der Waals surface area (Å²) in [5.74, 6) is -5.45. The third-order valence-electron chi connectivity index (χ3n) is 5.38. The van der Waals surface area contributed by atoms with Crippen LogP contribution in [0.1, 0.15) is 44.0 Å². The van der Waals surface area contributed by atoms with Crippen LogP contribution in [0.2, 0.25) is 0 Å². The van der Waals surface area contributed by atoms with Gasteiger partial charge in [0.2, 0.25) is 0 Å². The summed E-state index contributed by atoms with van der Waals surface area (Å²) in [7, 11) is 0. The van der Waals surface area contributed by atoms with Crippen molar-refractivity contribution >= 4 is 40.3 Å². The average molecular weight is 528 g/mol. The summed E-state index contributed by atoms with van der Waals surface area (Å²) in [5.41, 5.74) is 5.08. The summed E-state index contributed by atoms with van der Waals surface area (Å²) in [6, 6.07) is 4.55. The van der Waals surface area contributed by atoms with Crippen LogP contribution in [0.3, 0.4) is 0 Å². The molecule has 0 aliphatic carbocycles. The number of rotatable bonds is 5. The maximum Gasteiger partial charge on any atom is 0.410 e. The summed E-state index contributed by atoms with van der Waals surface area (Å²) in [6.07, 6.45) is 0.0802. The van der Waals surface area contributed by atoms with Crippen LogP contribution in [0, 0.1) is 17.5 Å². The van der Waals surface area contributed by atoms with E-state index in [0.29, 0.717) is 12.1 Å². The molecule has 1 heterocycles. The molecule has 0 bridgehead atoms. The Morgan fingerprint density at radius 3 is 2.25 bits per heavy atom. The molecule has 2 aromatic rings. The van der Waals surface area contributed by atoms with E-state index in [-0.39, 0.29) is 48.6 Å². The summed E-state index contributed by atoms with van der Waals surface area (Å²) in [4.78, 5) is 26.5. The largest absolute Gasteiger partial charge is 0.755 e. The smallest absolute Gasteiger partial charge is 0.410 e. The summed E-state index contributed by atoms with van der Waals surface area (Å²) in [6.45, 7) is 5.73. The van der Waals surface area contributed by atoms with Gasteiger partial charge < -0.3 is 25.2 Å². The number of nitrogen functional groups attached to an aromatic ring is 1. The van der Waals surface area contributed by atoms with Crippen LogP contribution >= 0.6 is 0 Å². The molecule has 36 heavy (non-hydrogen) atoms. The van der Waals surface area contributed by atoms with Gasteiger partial charge >= 0.3 is 6.09 Å². The molecule has 0 aromatic heterocycles. The number of nitrogens with zero attached hydrogens (tertiary/aromatic N) is 2. The van der Waals surface area contributed by atoms with Crippen LogP contribution < -0.4 is 15.4 Å². The molecule has 0 spiro atoms. The van der Waals surface area contributed by atoms with Gasteiger partial charge in [-0.3, -0.25) is 13.3 Å². The number of piperidine rings is 1. The molecule has 0 radical (unpaired) electrons. The fourth-order valence-electron chi connectivity index (χ4n) is 3.71. The Morgan fingerprint density at radius 1 is 1.14 bits per heavy atom. The molecule has 1 aliphatic rings. The second-order valence-corrected chi connectivity index (χ2v) is 10.1. The number of likely N-dealkylation sites (tertiary alicyclic amines) is 1. The highest BCUT2D eigenvalue weighted by Gasteiger charge is 2.31. The van der Waals surface area contributed by atoms with Gasteiger partial charge in [0.1, 0.15) is 5.60 Å². The van der Waals surface area contributed by atoms with E-state index in [1.165, 1.54) is 23.1 Å². The zero-order valence-corrected chi connectivity index (χ0v) is 20.7. The molecule has 2 aromatic carbocycles. The normalized spacial score (nSPS) is 15.4. The van der Waals surface area contributed by atoms with Crippen LogP contribution in [0.25, 0.3) is 0 Å². The van der Waals surface area contributed by atoms with Crippen molar-refractivity contribution in [3.8, 4) is 0 Å². The van der Waals surface area contributed by atoms with Gasteiger partial charge in [-0.1, -0.05) is 0 Å². The Bertz CT molecular complexity index is 1160. The molecule has 1 fully saturated rings. The fourth-order valence-corrected chi connectivity index (χ4v) is 4.49. The molecule has 13 heteroatoms. The Labute approximate surface area is 208 Å². The Hall–Kier alpha value is -3.32. The van der Waals surface area contributed by atoms with E-state index in [2.05, 4.69) is 5.32 Å². The Morgan fingerprint density at radius 2 is 1.72 bits per heavy atom. The van der Waals surface area contributed by atoms with Crippen molar-refractivity contribution in [2.75, 3.05) is 28.4 Å². The maximum atomic E-state index is 13.5. The second kappa shape index (κ2) is 10.7. The van der Waals surface area contributed by atoms with Gasteiger partial charge in [0.15, 0.2) is 17.5 Å². The maximum absolute atomic E-state index is 13.5. The van der Waals surface area contributed by atoms with Crippen molar-refractivity contribution in [1.82, 2.24) is 4.90 Å². The van der Waals surface area contributed by atoms with E-state index < -0.39 is 52.4 Å². The van der Waals surface area contributed by atoms with E-state index in [1.54, 1.807) is 20.8 Å². The van der Waals surface area contributed by atoms with Gasteiger partial charge in [-0.2, -0.15) is 0 Å². The number of hydrogen-bond donors (Lipinski definition) is 2. The minimum atomic E-state index is -2.77. The quantitative estimate of drug-likeness (QED) is 0.344. The lowest BCUT2D eigenvalue weighted by atomic mass is 10.0. The van der Waals surface area contributed by atoms with Crippen molar-refractivity contribution in [3.05, 3.63) is 53.3 Å². The number of anilines is 3. The number of carbonyl (C=O) groups is 2. The predicted molar refractivity (Wildman–Crippen MR) is 127 cm³/mol. The molecule has 196 valence electrons. The highest BCUT2D eigenvalue weighted by Crippen LogP contribution is 2.31. The summed E-state index contributed by atoms with van der Waals surface area (Å²) < 4.78 is 70.9. The minimum Gasteiger partial charge on any atom is -0.755 e. The standard InChI is InChI=1S/C23H27F3N4O5S/c1-23(2,3)35-22(32)29-8-6-15(7-9-29)30(36(33)34)19-10-13(4-5-18(19)27)21(31)28-14-11-16(24)20(26)17(25)12-14/h4-5,10-12,15H,6-9,27H2,1-3H3,(H,28,31)(H,33,34)/p-1. The van der Waals surface area contributed by atoms with E-state index in [4.69, 9.17) is 10.5 Å². The molecule has 1 unspecified atom stereocenters. The fraction of sp³-hybridized carbons (Fsp3) is 0.391. The predicted octanol–water partition coefficient (Wildman–Crippen LogP) is 3.94. The van der Waals surface area contributed by atoms with E-state index >= 15 is 0 Å². The Kier molecular flexibility index (Phi) is 8.14. The molecular weight excluding hydrogens is 501 g/mol. The lowest BCUT2D eigenvalue weighted by Gasteiger charge is -2.40. The van der Waals surface area contributed by atoms with Crippen LogP contribution in [0.15, 0.2) is 30.3 Å². The molecule has 2 amide bonds. The van der Waals surface area contributed by atoms with Crippen molar-refractivity contribution < 1.29 is 36.3 Å². The lowest BCUT2D eigenvalue weighted by molar-refractivity contribution is 0.0207. The highest BCUT2D eigenvalue weighted by molar-refractivity contribution is 7.80. The van der Waals surface area contributed by atoms with Crippen molar-refractivity contribution in [2.45, 2.75) is 45.3 Å². The topological polar surface area (TPSA) is 128 Å². The average Bonchev–Trinajstić information content (AvgIpc) is 2.77. The minimum absolute atomic E-state index is 0.0307. The number of carbonyl (C=O) groups excluding carboxylic acids is 2. The number of nitrogens with two attached hydrogens (primary N) is 1. The first-order valence-corrected chi connectivity index (χ1v) is 12.0. The van der Waals surface area contributed by atoms with E-state index in [1.807, 2.05) is 0 Å². The zero-order chi connectivity index (χ0) is 26.8. The van der Waals surface area contributed by atoms with Gasteiger partial charge in [-0.05, 0) is 51.8 Å². The number of benzene rings is 2. The van der Waals surface area contributed by atoms with Crippen molar-refractivity contribution in [1.29, 1.82) is 0 Å². The number of nitrogens with one attached hydrogen (secondary N) is 1. The lowest BCUT2D eigenvalue weighted by Crippen LogP contribution is -2.48. The second-order valence-electron chi connectivity index (χ2n) is 9.22. The van der Waals surface area contributed by atoms with Crippen LogP contribution in [-0.2, 0) is 16.0 Å². The number of halogens is 3. The highest BCUT2D eigenvalue weighted by atomic mass is 32.2. The van der Waals surface area contributed by atoms with Crippen LogP contribution in [0.5, 0.6) is 0 Å². The van der Waals surface area contributed by atoms with Gasteiger partial charge in [0.25, 0.3) is 5.91 Å². The van der Waals surface area contributed by atoms with E-state index in [9.17, 15) is 31.5 Å². The molecule has 1 saturated heterocycles. The first-order chi connectivity index (χ1) is 16.8. The number of ether oxygens (including phenoxy) is 1. The third kappa shape index (κ3) is 6.46. The third-order valence-corrected chi connectivity index (χ3v) is 6.20. The van der Waals surface area contributed by atoms with Gasteiger partial charge in [0.05, 0.1) is 11.4 Å². The SMILES string of the molecule is CC(C)(C)OC(=O)N1CCC(N(c2cc(C(=O)Nc3cc(F)c(F)c(F)c3)ccc2N)S(=O)[O-])CC1. The van der Waals surface area contributed by atoms with E-state index in [0.717, 1.165) is 4.31 Å². The van der Waals surface area contributed by atoms with Gasteiger partial charge in [-0.15, -0.1) is 0 Å². The number of amides is 2. The first-order valence-electron chi connectivity index (χ1n) is 11.0. The van der Waals surface area contributed by atoms with Crippen LogP contribution in [-0.4, -0.2) is 50.4 Å². The molecule has 3 N–H and O–H groups in total. The van der Waals surface area contributed by atoms with Crippen molar-refractivity contribution in [2.24, 2.45) is 0 Å². The molecule has 1 atom stereocenters. The Balaban J connectivity index is 1.79. The molecule has 9 nitrogen and oxygen atoms in total. The number of hydrogen-bond acceptors (Lipinski definition) is 6. The monoisotopic (exact) mass is 527 g/mol. The first kappa shape index (κ1) is 27.3. The molecule has 1 aliphatic heterocycles. The molecular formula is C23H26F3N4O5S-.